The molecule has 0 aromatic carbocycles. The minimum atomic E-state index is -1.37. The fourth-order valence-electron chi connectivity index (χ4n) is 3.05. The standard InChI is InChI=1S/C14H22N2O8S/c17-5-7-12(22)13(23)8(18)4-15(7)1-2-16-10(19)3-9(14(16)24)25-6-11(20)21/h7-9,12-13,17-18,22-23H,1-6H2,(H,20,21)/t7-,8+,9?,12-,13-/m1/s1. The Hall–Kier alpha value is -1.24. The van der Waals surface area contributed by atoms with E-state index in [1.807, 2.05) is 0 Å². The van der Waals surface area contributed by atoms with Gasteiger partial charge < -0.3 is 25.5 Å². The van der Waals surface area contributed by atoms with Gasteiger partial charge in [-0.25, -0.2) is 0 Å². The van der Waals surface area contributed by atoms with Crippen molar-refractivity contribution in [2.45, 2.75) is 36.0 Å². The van der Waals surface area contributed by atoms with E-state index in [1.54, 1.807) is 0 Å². The van der Waals surface area contributed by atoms with E-state index in [1.165, 1.54) is 4.90 Å². The summed E-state index contributed by atoms with van der Waals surface area (Å²) in [6, 6.07) is -0.816. The Labute approximate surface area is 148 Å². The molecule has 0 radical (unpaired) electrons. The molecule has 2 heterocycles. The van der Waals surface area contributed by atoms with Gasteiger partial charge in [-0.3, -0.25) is 24.2 Å². The maximum atomic E-state index is 12.2. The van der Waals surface area contributed by atoms with Crippen LogP contribution in [0.25, 0.3) is 0 Å². The van der Waals surface area contributed by atoms with E-state index in [-0.39, 0.29) is 31.8 Å². The van der Waals surface area contributed by atoms with Crippen LogP contribution in [0, 0.1) is 0 Å². The van der Waals surface area contributed by atoms with Crippen LogP contribution in [0.4, 0.5) is 0 Å². The van der Waals surface area contributed by atoms with E-state index in [4.69, 9.17) is 5.11 Å². The summed E-state index contributed by atoms with van der Waals surface area (Å²) < 4.78 is 0. The number of imide groups is 1. The van der Waals surface area contributed by atoms with Crippen LogP contribution in [0.1, 0.15) is 6.42 Å². The van der Waals surface area contributed by atoms with Gasteiger partial charge in [-0.1, -0.05) is 0 Å². The lowest BCUT2D eigenvalue weighted by Gasteiger charge is -2.43. The van der Waals surface area contributed by atoms with Gasteiger partial charge in [0.05, 0.1) is 29.8 Å². The minimum Gasteiger partial charge on any atom is -0.481 e. The van der Waals surface area contributed by atoms with E-state index < -0.39 is 54.0 Å². The second kappa shape index (κ2) is 8.43. The van der Waals surface area contributed by atoms with Gasteiger partial charge in [0.1, 0.15) is 12.2 Å². The van der Waals surface area contributed by atoms with Crippen molar-refractivity contribution in [3.8, 4) is 0 Å². The molecule has 2 fully saturated rings. The van der Waals surface area contributed by atoms with Gasteiger partial charge in [0, 0.05) is 26.1 Å². The molecule has 0 aromatic rings. The fourth-order valence-corrected chi connectivity index (χ4v) is 3.93. The van der Waals surface area contributed by atoms with Crippen molar-refractivity contribution in [1.29, 1.82) is 0 Å². The number of carbonyl (C=O) groups excluding carboxylic acids is 2. The first-order valence-electron chi connectivity index (χ1n) is 7.83. The molecule has 0 aliphatic carbocycles. The Kier molecular flexibility index (Phi) is 6.77. The summed E-state index contributed by atoms with van der Waals surface area (Å²) in [6.45, 7) is -0.367. The highest BCUT2D eigenvalue weighted by Crippen LogP contribution is 2.25. The smallest absolute Gasteiger partial charge is 0.313 e. The van der Waals surface area contributed by atoms with Gasteiger partial charge in [0.25, 0.3) is 0 Å². The summed E-state index contributed by atoms with van der Waals surface area (Å²) in [5.74, 6) is -2.21. The fraction of sp³-hybridized carbons (Fsp3) is 0.786. The molecule has 2 aliphatic rings. The van der Waals surface area contributed by atoms with Gasteiger partial charge >= 0.3 is 5.97 Å². The number of aliphatic carboxylic acids is 1. The van der Waals surface area contributed by atoms with Gasteiger partial charge in [-0.05, 0) is 0 Å². The normalized spacial score (nSPS) is 33.9. The molecule has 10 nitrogen and oxygen atoms in total. The van der Waals surface area contributed by atoms with Crippen molar-refractivity contribution in [2.24, 2.45) is 0 Å². The van der Waals surface area contributed by atoms with E-state index in [9.17, 15) is 34.8 Å². The zero-order chi connectivity index (χ0) is 18.7. The summed E-state index contributed by atoms with van der Waals surface area (Å²) >= 11 is 0.897. The highest BCUT2D eigenvalue weighted by Gasteiger charge is 2.43. The molecule has 2 saturated heterocycles. The Balaban J connectivity index is 1.94. The van der Waals surface area contributed by atoms with Crippen molar-refractivity contribution in [3.05, 3.63) is 0 Å². The SMILES string of the molecule is O=C(O)CSC1CC(=O)N(CCN2C[C@H](O)[C@@H](O)[C@H](O)[C@H]2CO)C1=O. The molecule has 11 heteroatoms. The molecule has 2 aliphatic heterocycles. The zero-order valence-electron chi connectivity index (χ0n) is 13.4. The highest BCUT2D eigenvalue weighted by atomic mass is 32.2. The highest BCUT2D eigenvalue weighted by molar-refractivity contribution is 8.01. The number of likely N-dealkylation sites (tertiary alicyclic amines) is 2. The largest absolute Gasteiger partial charge is 0.481 e. The Morgan fingerprint density at radius 3 is 2.44 bits per heavy atom. The predicted molar refractivity (Wildman–Crippen MR) is 85.7 cm³/mol. The molecule has 1 unspecified atom stereocenters. The molecule has 142 valence electrons. The van der Waals surface area contributed by atoms with E-state index in [2.05, 4.69) is 0 Å². The van der Waals surface area contributed by atoms with Crippen LogP contribution >= 0.6 is 11.8 Å². The third-order valence-electron chi connectivity index (χ3n) is 4.44. The third kappa shape index (κ3) is 4.49. The van der Waals surface area contributed by atoms with Gasteiger partial charge in [0.15, 0.2) is 0 Å². The summed E-state index contributed by atoms with van der Waals surface area (Å²) in [6.07, 6.45) is -4.00. The lowest BCUT2D eigenvalue weighted by atomic mass is 9.94. The molecule has 2 amide bonds. The number of thioether (sulfide) groups is 1. The predicted octanol–water partition coefficient (Wildman–Crippen LogP) is -3.31. The monoisotopic (exact) mass is 378 g/mol. The molecule has 5 atom stereocenters. The average Bonchev–Trinajstić information content (AvgIpc) is 2.82. The molecule has 2 rings (SSSR count). The molecule has 0 spiro atoms. The van der Waals surface area contributed by atoms with Crippen molar-refractivity contribution >= 4 is 29.5 Å². The van der Waals surface area contributed by atoms with E-state index in [0.29, 0.717) is 0 Å². The summed E-state index contributed by atoms with van der Waals surface area (Å²) in [4.78, 5) is 37.3. The minimum absolute atomic E-state index is 0.00612. The number of carboxylic acid groups (broad SMARTS) is 1. The van der Waals surface area contributed by atoms with Crippen LogP contribution in [-0.4, -0.2) is 115 Å². The van der Waals surface area contributed by atoms with Crippen LogP contribution in [-0.2, 0) is 14.4 Å². The third-order valence-corrected chi connectivity index (χ3v) is 5.62. The molecule has 0 saturated carbocycles. The number of aliphatic hydroxyl groups excluding tert-OH is 4. The molecule has 5 N–H and O–H groups in total. The van der Waals surface area contributed by atoms with Crippen LogP contribution in [0.2, 0.25) is 0 Å². The van der Waals surface area contributed by atoms with Gasteiger partial charge in [-0.15, -0.1) is 11.8 Å². The number of β-amino-alcohol motifs (C(OH)–C–C–N with tert-alkyl or cyclic N) is 1. The second-order valence-electron chi connectivity index (χ2n) is 6.07. The number of rotatable bonds is 7. The van der Waals surface area contributed by atoms with Crippen LogP contribution in [0.3, 0.4) is 0 Å². The van der Waals surface area contributed by atoms with Crippen molar-refractivity contribution < 1.29 is 39.9 Å². The first kappa shape index (κ1) is 20.1. The second-order valence-corrected chi connectivity index (χ2v) is 7.27. The summed E-state index contributed by atoms with van der Waals surface area (Å²) in [7, 11) is 0. The number of aliphatic hydroxyl groups is 4. The van der Waals surface area contributed by atoms with Crippen molar-refractivity contribution in [3.63, 3.8) is 0 Å². The van der Waals surface area contributed by atoms with Gasteiger partial charge in [-0.2, -0.15) is 0 Å². The van der Waals surface area contributed by atoms with Crippen molar-refractivity contribution in [1.82, 2.24) is 9.80 Å². The molecule has 25 heavy (non-hydrogen) atoms. The summed E-state index contributed by atoms with van der Waals surface area (Å²) in [5.41, 5.74) is 0. The van der Waals surface area contributed by atoms with Crippen LogP contribution in [0.15, 0.2) is 0 Å². The molecule has 0 bridgehead atoms. The number of amides is 2. The maximum absolute atomic E-state index is 12.2. The first-order valence-corrected chi connectivity index (χ1v) is 8.87. The molecular formula is C14H22N2O8S. The van der Waals surface area contributed by atoms with E-state index >= 15 is 0 Å². The van der Waals surface area contributed by atoms with Gasteiger partial charge in [0.2, 0.25) is 11.8 Å². The molecular weight excluding hydrogens is 356 g/mol. The number of carbonyl (C=O) groups is 3. The maximum Gasteiger partial charge on any atom is 0.313 e. The zero-order valence-corrected chi connectivity index (χ0v) is 14.2. The van der Waals surface area contributed by atoms with E-state index in [0.717, 1.165) is 16.7 Å². The number of nitrogens with zero attached hydrogens (tertiary/aromatic N) is 2. The lowest BCUT2D eigenvalue weighted by Crippen LogP contribution is -2.63. The quantitative estimate of drug-likeness (QED) is 0.284. The number of hydrogen-bond acceptors (Lipinski definition) is 9. The van der Waals surface area contributed by atoms with Crippen LogP contribution in [0.5, 0.6) is 0 Å². The van der Waals surface area contributed by atoms with Crippen LogP contribution < -0.4 is 0 Å². The first-order chi connectivity index (χ1) is 11.8. The Morgan fingerprint density at radius 2 is 1.84 bits per heavy atom. The topological polar surface area (TPSA) is 159 Å². The Bertz CT molecular complexity index is 533. The number of piperidine rings is 1. The summed E-state index contributed by atoms with van der Waals surface area (Å²) in [5, 5.41) is 46.7. The molecule has 0 aromatic heterocycles. The number of carboxylic acids is 1. The average molecular weight is 378 g/mol. The Morgan fingerprint density at radius 1 is 1.16 bits per heavy atom. The number of hydrogen-bond donors (Lipinski definition) is 5. The lowest BCUT2D eigenvalue weighted by molar-refractivity contribution is -0.149. The van der Waals surface area contributed by atoms with Crippen molar-refractivity contribution in [2.75, 3.05) is 32.0 Å².